The lowest BCUT2D eigenvalue weighted by Crippen LogP contribution is -2.13. The molecule has 2 aromatic carbocycles. The number of nitrogens with one attached hydrogen (secondary N) is 1. The number of rotatable bonds is 5. The molecule has 0 aliphatic carbocycles. The number of methoxy groups -OCH3 is 1. The van der Waals surface area contributed by atoms with Crippen LogP contribution in [0.3, 0.4) is 0 Å². The Labute approximate surface area is 126 Å². The zero-order valence-corrected chi connectivity index (χ0v) is 12.8. The van der Waals surface area contributed by atoms with E-state index >= 15 is 0 Å². The van der Waals surface area contributed by atoms with Gasteiger partial charge in [0.2, 0.25) is 5.91 Å². The van der Waals surface area contributed by atoms with Crippen LogP contribution in [-0.4, -0.2) is 13.0 Å². The van der Waals surface area contributed by atoms with Gasteiger partial charge in [-0.1, -0.05) is 24.3 Å². The van der Waals surface area contributed by atoms with Crippen molar-refractivity contribution in [3.8, 4) is 5.75 Å². The van der Waals surface area contributed by atoms with Gasteiger partial charge >= 0.3 is 0 Å². The van der Waals surface area contributed by atoms with Gasteiger partial charge in [0.05, 0.1) is 7.11 Å². The van der Waals surface area contributed by atoms with Crippen molar-refractivity contribution in [3.63, 3.8) is 0 Å². The minimum absolute atomic E-state index is 0.0338. The molecule has 0 aliphatic heterocycles. The molecule has 0 bridgehead atoms. The Morgan fingerprint density at radius 3 is 2.67 bits per heavy atom. The standard InChI is InChI=1S/C18H21NO2/c1-13-6-4-9-17(14(13)2)19-18(20)11-10-15-7-5-8-16(12-15)21-3/h4-9,12H,10-11H2,1-3H3,(H,19,20). The number of anilines is 1. The summed E-state index contributed by atoms with van der Waals surface area (Å²) in [5, 5.41) is 2.98. The third-order valence-electron chi connectivity index (χ3n) is 3.65. The third kappa shape index (κ3) is 4.09. The molecule has 0 aromatic heterocycles. The van der Waals surface area contributed by atoms with Gasteiger partial charge < -0.3 is 10.1 Å². The van der Waals surface area contributed by atoms with Gasteiger partial charge in [0.15, 0.2) is 0 Å². The van der Waals surface area contributed by atoms with Crippen LogP contribution >= 0.6 is 0 Å². The maximum atomic E-state index is 12.1. The van der Waals surface area contributed by atoms with Gasteiger partial charge in [0.25, 0.3) is 0 Å². The molecule has 3 nitrogen and oxygen atoms in total. The second kappa shape index (κ2) is 6.93. The lowest BCUT2D eigenvalue weighted by atomic mass is 10.1. The van der Waals surface area contributed by atoms with Gasteiger partial charge in [-0.15, -0.1) is 0 Å². The SMILES string of the molecule is COc1cccc(CCC(=O)Nc2cccc(C)c2C)c1. The van der Waals surface area contributed by atoms with Gasteiger partial charge in [0, 0.05) is 12.1 Å². The Hall–Kier alpha value is -2.29. The Bertz CT molecular complexity index is 635. The van der Waals surface area contributed by atoms with Crippen LogP contribution in [0.25, 0.3) is 0 Å². The van der Waals surface area contributed by atoms with Crippen LogP contribution in [0.1, 0.15) is 23.1 Å². The van der Waals surface area contributed by atoms with Crippen LogP contribution in [0.2, 0.25) is 0 Å². The van der Waals surface area contributed by atoms with Crippen LogP contribution in [0.5, 0.6) is 5.75 Å². The smallest absolute Gasteiger partial charge is 0.224 e. The van der Waals surface area contributed by atoms with E-state index in [1.54, 1.807) is 7.11 Å². The summed E-state index contributed by atoms with van der Waals surface area (Å²) in [4.78, 5) is 12.1. The number of aryl methyl sites for hydroxylation is 2. The van der Waals surface area contributed by atoms with Crippen LogP contribution in [0.15, 0.2) is 42.5 Å². The average Bonchev–Trinajstić information content (AvgIpc) is 2.50. The van der Waals surface area contributed by atoms with E-state index in [1.165, 1.54) is 5.56 Å². The molecule has 1 N–H and O–H groups in total. The fourth-order valence-electron chi connectivity index (χ4n) is 2.19. The highest BCUT2D eigenvalue weighted by Gasteiger charge is 2.06. The number of amides is 1. The minimum Gasteiger partial charge on any atom is -0.497 e. The van der Waals surface area contributed by atoms with E-state index in [-0.39, 0.29) is 5.91 Å². The third-order valence-corrected chi connectivity index (χ3v) is 3.65. The Kier molecular flexibility index (Phi) is 4.99. The quantitative estimate of drug-likeness (QED) is 0.904. The van der Waals surface area contributed by atoms with Crippen molar-refractivity contribution in [2.45, 2.75) is 26.7 Å². The maximum Gasteiger partial charge on any atom is 0.224 e. The van der Waals surface area contributed by atoms with E-state index in [2.05, 4.69) is 5.32 Å². The molecule has 0 spiro atoms. The van der Waals surface area contributed by atoms with Crippen molar-refractivity contribution in [2.75, 3.05) is 12.4 Å². The summed E-state index contributed by atoms with van der Waals surface area (Å²) in [7, 11) is 1.65. The lowest BCUT2D eigenvalue weighted by molar-refractivity contribution is -0.116. The monoisotopic (exact) mass is 283 g/mol. The number of carbonyl (C=O) groups excluding carboxylic acids is 1. The summed E-state index contributed by atoms with van der Waals surface area (Å²) in [6.45, 7) is 4.06. The number of hydrogen-bond donors (Lipinski definition) is 1. The highest BCUT2D eigenvalue weighted by atomic mass is 16.5. The zero-order chi connectivity index (χ0) is 15.2. The van der Waals surface area contributed by atoms with Crippen molar-refractivity contribution < 1.29 is 9.53 Å². The molecule has 2 rings (SSSR count). The predicted molar refractivity (Wildman–Crippen MR) is 85.9 cm³/mol. The highest BCUT2D eigenvalue weighted by molar-refractivity contribution is 5.91. The molecule has 3 heteroatoms. The molecule has 0 atom stereocenters. The molecular weight excluding hydrogens is 262 g/mol. The maximum absolute atomic E-state index is 12.1. The number of carbonyl (C=O) groups is 1. The minimum atomic E-state index is 0.0338. The summed E-state index contributed by atoms with van der Waals surface area (Å²) in [6.07, 6.45) is 1.16. The fourth-order valence-corrected chi connectivity index (χ4v) is 2.19. The molecule has 21 heavy (non-hydrogen) atoms. The Balaban J connectivity index is 1.94. The van der Waals surface area contributed by atoms with Gasteiger partial charge in [-0.05, 0) is 55.2 Å². The van der Waals surface area contributed by atoms with E-state index in [0.29, 0.717) is 12.8 Å². The van der Waals surface area contributed by atoms with E-state index in [1.807, 2.05) is 56.3 Å². The van der Waals surface area contributed by atoms with E-state index in [9.17, 15) is 4.79 Å². The van der Waals surface area contributed by atoms with E-state index < -0.39 is 0 Å². The van der Waals surface area contributed by atoms with Crippen LogP contribution < -0.4 is 10.1 Å². The van der Waals surface area contributed by atoms with Crippen LogP contribution in [0.4, 0.5) is 5.69 Å². The van der Waals surface area contributed by atoms with E-state index in [0.717, 1.165) is 22.6 Å². The fraction of sp³-hybridized carbons (Fsp3) is 0.278. The van der Waals surface area contributed by atoms with Crippen molar-refractivity contribution in [1.82, 2.24) is 0 Å². The molecule has 0 saturated carbocycles. The molecule has 110 valence electrons. The first kappa shape index (κ1) is 15.1. The Morgan fingerprint density at radius 1 is 1.14 bits per heavy atom. The van der Waals surface area contributed by atoms with Gasteiger partial charge in [0.1, 0.15) is 5.75 Å². The summed E-state index contributed by atoms with van der Waals surface area (Å²) in [5.74, 6) is 0.856. The molecule has 0 fully saturated rings. The largest absolute Gasteiger partial charge is 0.497 e. The molecular formula is C18H21NO2. The average molecular weight is 283 g/mol. The second-order valence-corrected chi connectivity index (χ2v) is 5.15. The van der Waals surface area contributed by atoms with Crippen molar-refractivity contribution in [2.24, 2.45) is 0 Å². The highest BCUT2D eigenvalue weighted by Crippen LogP contribution is 2.19. The van der Waals surface area contributed by atoms with Crippen molar-refractivity contribution in [1.29, 1.82) is 0 Å². The number of hydrogen-bond acceptors (Lipinski definition) is 2. The topological polar surface area (TPSA) is 38.3 Å². The first-order valence-electron chi connectivity index (χ1n) is 7.09. The number of ether oxygens (including phenoxy) is 1. The van der Waals surface area contributed by atoms with Crippen molar-refractivity contribution in [3.05, 3.63) is 59.2 Å². The predicted octanol–water partition coefficient (Wildman–Crippen LogP) is 3.88. The Morgan fingerprint density at radius 2 is 1.90 bits per heavy atom. The summed E-state index contributed by atoms with van der Waals surface area (Å²) in [6, 6.07) is 13.8. The normalized spacial score (nSPS) is 10.2. The molecule has 0 aliphatic rings. The van der Waals surface area contributed by atoms with Gasteiger partial charge in [-0.3, -0.25) is 4.79 Å². The zero-order valence-electron chi connectivity index (χ0n) is 12.8. The summed E-state index contributed by atoms with van der Waals surface area (Å²) in [5.41, 5.74) is 4.30. The molecule has 0 radical (unpaired) electrons. The molecule has 0 unspecified atom stereocenters. The molecule has 0 heterocycles. The first-order valence-corrected chi connectivity index (χ1v) is 7.09. The van der Waals surface area contributed by atoms with Gasteiger partial charge in [-0.25, -0.2) is 0 Å². The van der Waals surface area contributed by atoms with Crippen LogP contribution in [-0.2, 0) is 11.2 Å². The van der Waals surface area contributed by atoms with Gasteiger partial charge in [-0.2, -0.15) is 0 Å². The number of benzene rings is 2. The molecule has 0 saturated heterocycles. The first-order chi connectivity index (χ1) is 10.1. The van der Waals surface area contributed by atoms with Crippen molar-refractivity contribution >= 4 is 11.6 Å². The second-order valence-electron chi connectivity index (χ2n) is 5.15. The summed E-state index contributed by atoms with van der Waals surface area (Å²) >= 11 is 0. The lowest BCUT2D eigenvalue weighted by Gasteiger charge is -2.10. The van der Waals surface area contributed by atoms with E-state index in [4.69, 9.17) is 4.74 Å². The molecule has 1 amide bonds. The van der Waals surface area contributed by atoms with Crippen LogP contribution in [0, 0.1) is 13.8 Å². The summed E-state index contributed by atoms with van der Waals surface area (Å²) < 4.78 is 5.19. The molecule has 2 aromatic rings.